The first-order valence-corrected chi connectivity index (χ1v) is 6.52. The molecule has 1 saturated heterocycles. The van der Waals surface area contributed by atoms with Crippen LogP contribution in [-0.2, 0) is 4.79 Å². The van der Waals surface area contributed by atoms with Gasteiger partial charge in [-0.3, -0.25) is 4.98 Å². The Labute approximate surface area is 111 Å². The molecule has 1 fully saturated rings. The molecule has 5 heteroatoms. The van der Waals surface area contributed by atoms with Crippen LogP contribution in [0.25, 0.3) is 5.69 Å². The lowest BCUT2D eigenvalue weighted by Crippen LogP contribution is -2.40. The first-order valence-electron chi connectivity index (χ1n) is 6.52. The van der Waals surface area contributed by atoms with E-state index >= 15 is 0 Å². The van der Waals surface area contributed by atoms with Crippen LogP contribution < -0.4 is 5.32 Å². The summed E-state index contributed by atoms with van der Waals surface area (Å²) in [6.45, 7) is 0.913. The van der Waals surface area contributed by atoms with E-state index in [1.165, 1.54) is 0 Å². The number of piperidine rings is 1. The van der Waals surface area contributed by atoms with Gasteiger partial charge in [0.1, 0.15) is 6.29 Å². The van der Waals surface area contributed by atoms with Crippen LogP contribution in [0.2, 0.25) is 0 Å². The lowest BCUT2D eigenvalue weighted by molar-refractivity contribution is -0.110. The van der Waals surface area contributed by atoms with E-state index in [1.54, 1.807) is 17.1 Å². The van der Waals surface area contributed by atoms with Gasteiger partial charge in [-0.05, 0) is 37.1 Å². The first kappa shape index (κ1) is 12.0. The number of hydrogen-bond acceptors (Lipinski definition) is 4. The minimum absolute atomic E-state index is 0.0969. The number of nitrogens with one attached hydrogen (secondary N) is 1. The second-order valence-electron chi connectivity index (χ2n) is 4.79. The van der Waals surface area contributed by atoms with Crippen LogP contribution in [0.15, 0.2) is 36.9 Å². The Hall–Kier alpha value is -2.01. The SMILES string of the molecule is O=CC1NCCCC1c1cnn(-c2cccnc2)c1. The lowest BCUT2D eigenvalue weighted by Gasteiger charge is -2.27. The van der Waals surface area contributed by atoms with E-state index in [0.717, 1.165) is 36.9 Å². The fourth-order valence-electron chi connectivity index (χ4n) is 2.59. The predicted octanol–water partition coefficient (Wildman–Crippen LogP) is 1.30. The number of hydrogen-bond donors (Lipinski definition) is 1. The van der Waals surface area contributed by atoms with Crippen molar-refractivity contribution in [3.05, 3.63) is 42.5 Å². The Kier molecular flexibility index (Phi) is 3.37. The average molecular weight is 256 g/mol. The Morgan fingerprint density at radius 3 is 3.16 bits per heavy atom. The largest absolute Gasteiger partial charge is 0.307 e. The summed E-state index contributed by atoms with van der Waals surface area (Å²) in [7, 11) is 0. The van der Waals surface area contributed by atoms with Crippen LogP contribution in [0.1, 0.15) is 24.3 Å². The molecule has 5 nitrogen and oxygen atoms in total. The van der Waals surface area contributed by atoms with Gasteiger partial charge in [0.2, 0.25) is 0 Å². The van der Waals surface area contributed by atoms with Crippen molar-refractivity contribution >= 4 is 6.29 Å². The minimum Gasteiger partial charge on any atom is -0.307 e. The predicted molar refractivity (Wildman–Crippen MR) is 71.2 cm³/mol. The van der Waals surface area contributed by atoms with Gasteiger partial charge < -0.3 is 10.1 Å². The highest BCUT2D eigenvalue weighted by molar-refractivity contribution is 5.60. The molecule has 98 valence electrons. The van der Waals surface area contributed by atoms with E-state index in [2.05, 4.69) is 15.4 Å². The van der Waals surface area contributed by atoms with Crippen LogP contribution in [0.5, 0.6) is 0 Å². The highest BCUT2D eigenvalue weighted by Gasteiger charge is 2.26. The van der Waals surface area contributed by atoms with Crippen molar-refractivity contribution in [2.24, 2.45) is 0 Å². The van der Waals surface area contributed by atoms with Gasteiger partial charge in [0.05, 0.1) is 24.1 Å². The van der Waals surface area contributed by atoms with Crippen molar-refractivity contribution in [3.8, 4) is 5.69 Å². The zero-order valence-electron chi connectivity index (χ0n) is 10.6. The van der Waals surface area contributed by atoms with Gasteiger partial charge in [0, 0.05) is 18.3 Å². The maximum absolute atomic E-state index is 11.1. The molecule has 0 aliphatic carbocycles. The molecule has 0 amide bonds. The average Bonchev–Trinajstić information content (AvgIpc) is 2.98. The molecule has 1 aliphatic heterocycles. The van der Waals surface area contributed by atoms with Crippen LogP contribution in [0, 0.1) is 0 Å². The first-order chi connectivity index (χ1) is 9.38. The monoisotopic (exact) mass is 256 g/mol. The molecular formula is C14H16N4O. The fourth-order valence-corrected chi connectivity index (χ4v) is 2.59. The van der Waals surface area contributed by atoms with Crippen LogP contribution in [0.4, 0.5) is 0 Å². The van der Waals surface area contributed by atoms with Gasteiger partial charge in [0.15, 0.2) is 0 Å². The third kappa shape index (κ3) is 2.42. The van der Waals surface area contributed by atoms with Crippen molar-refractivity contribution in [1.82, 2.24) is 20.1 Å². The second-order valence-corrected chi connectivity index (χ2v) is 4.79. The van der Waals surface area contributed by atoms with E-state index in [9.17, 15) is 4.79 Å². The standard InChI is InChI=1S/C14H16N4O/c19-10-14-13(4-2-6-16-14)11-7-17-18(9-11)12-3-1-5-15-8-12/h1,3,5,7-10,13-14,16H,2,4,6H2. The Morgan fingerprint density at radius 1 is 1.42 bits per heavy atom. The molecule has 2 aromatic rings. The highest BCUT2D eigenvalue weighted by Crippen LogP contribution is 2.27. The number of carbonyl (C=O) groups excluding carboxylic acids is 1. The molecule has 3 heterocycles. The van der Waals surface area contributed by atoms with Gasteiger partial charge in [-0.2, -0.15) is 5.10 Å². The zero-order chi connectivity index (χ0) is 13.1. The van der Waals surface area contributed by atoms with Crippen molar-refractivity contribution in [2.75, 3.05) is 6.54 Å². The molecule has 1 N–H and O–H groups in total. The summed E-state index contributed by atoms with van der Waals surface area (Å²) in [5, 5.41) is 7.61. The van der Waals surface area contributed by atoms with Crippen LogP contribution >= 0.6 is 0 Å². The second kappa shape index (κ2) is 5.32. The number of pyridine rings is 1. The highest BCUT2D eigenvalue weighted by atomic mass is 16.1. The molecule has 1 aliphatic rings. The van der Waals surface area contributed by atoms with Crippen LogP contribution in [0.3, 0.4) is 0 Å². The molecule has 0 radical (unpaired) electrons. The van der Waals surface area contributed by atoms with Gasteiger partial charge in [-0.25, -0.2) is 4.68 Å². The Bertz CT molecular complexity index is 552. The third-order valence-electron chi connectivity index (χ3n) is 3.59. The van der Waals surface area contributed by atoms with E-state index < -0.39 is 0 Å². The fraction of sp³-hybridized carbons (Fsp3) is 0.357. The topological polar surface area (TPSA) is 59.8 Å². The van der Waals surface area contributed by atoms with Crippen molar-refractivity contribution in [1.29, 1.82) is 0 Å². The Morgan fingerprint density at radius 2 is 2.37 bits per heavy atom. The number of carbonyl (C=O) groups is 1. The summed E-state index contributed by atoms with van der Waals surface area (Å²) < 4.78 is 1.80. The molecule has 2 aromatic heterocycles. The smallest absolute Gasteiger partial charge is 0.137 e. The molecule has 19 heavy (non-hydrogen) atoms. The molecule has 0 aromatic carbocycles. The molecule has 0 bridgehead atoms. The number of nitrogens with zero attached hydrogens (tertiary/aromatic N) is 3. The van der Waals surface area contributed by atoms with E-state index in [1.807, 2.05) is 24.5 Å². The summed E-state index contributed by atoms with van der Waals surface area (Å²) in [6, 6.07) is 3.74. The van der Waals surface area contributed by atoms with Gasteiger partial charge in [-0.15, -0.1) is 0 Å². The van der Waals surface area contributed by atoms with Crippen molar-refractivity contribution in [3.63, 3.8) is 0 Å². The minimum atomic E-state index is -0.0969. The maximum Gasteiger partial charge on any atom is 0.137 e. The number of aromatic nitrogens is 3. The van der Waals surface area contributed by atoms with E-state index in [4.69, 9.17) is 0 Å². The number of rotatable bonds is 3. The van der Waals surface area contributed by atoms with Crippen molar-refractivity contribution < 1.29 is 4.79 Å². The van der Waals surface area contributed by atoms with Gasteiger partial charge >= 0.3 is 0 Å². The summed E-state index contributed by atoms with van der Waals surface area (Å²) in [4.78, 5) is 15.2. The molecule has 2 atom stereocenters. The number of aldehydes is 1. The third-order valence-corrected chi connectivity index (χ3v) is 3.59. The normalized spacial score (nSPS) is 23.2. The van der Waals surface area contributed by atoms with Crippen LogP contribution in [-0.4, -0.2) is 33.6 Å². The Balaban J connectivity index is 1.86. The molecule has 0 saturated carbocycles. The zero-order valence-corrected chi connectivity index (χ0v) is 10.6. The summed E-state index contributed by atoms with van der Waals surface area (Å²) in [5.41, 5.74) is 2.04. The molecular weight excluding hydrogens is 240 g/mol. The van der Waals surface area contributed by atoms with Gasteiger partial charge in [0.25, 0.3) is 0 Å². The quantitative estimate of drug-likeness (QED) is 0.841. The summed E-state index contributed by atoms with van der Waals surface area (Å²) in [5.74, 6) is 0.219. The molecule has 2 unspecified atom stereocenters. The van der Waals surface area contributed by atoms with E-state index in [0.29, 0.717) is 0 Å². The van der Waals surface area contributed by atoms with Gasteiger partial charge in [-0.1, -0.05) is 0 Å². The van der Waals surface area contributed by atoms with E-state index in [-0.39, 0.29) is 12.0 Å². The van der Waals surface area contributed by atoms with Crippen molar-refractivity contribution in [2.45, 2.75) is 24.8 Å². The maximum atomic E-state index is 11.1. The lowest BCUT2D eigenvalue weighted by atomic mass is 9.87. The molecule has 0 spiro atoms. The summed E-state index contributed by atoms with van der Waals surface area (Å²) in [6.07, 6.45) is 10.5. The molecule has 3 rings (SSSR count). The summed E-state index contributed by atoms with van der Waals surface area (Å²) >= 11 is 0.